The smallest absolute Gasteiger partial charge is 0.446 e. The first-order chi connectivity index (χ1) is 11.7. The van der Waals surface area contributed by atoms with Crippen molar-refractivity contribution in [3.8, 4) is 11.5 Å². The van der Waals surface area contributed by atoms with Gasteiger partial charge in [-0.15, -0.1) is 5.11 Å². The average Bonchev–Trinajstić information content (AvgIpc) is 2.51. The van der Waals surface area contributed by atoms with Crippen molar-refractivity contribution in [2.24, 2.45) is 10.3 Å². The molecule has 2 aromatic rings. The maximum absolute atomic E-state index is 12.5. The fraction of sp³-hybridized carbons (Fsp3) is 0.133. The highest BCUT2D eigenvalue weighted by Gasteiger charge is 2.19. The standard InChI is InChI=1S/C15H15N3O6S/c1-18(2)17-16-11-5-3-10(4-6-11)15(20)13-8-7-12(19)9-14(13)24-25(21,22)23/h3-9,19H,1-2H3,(H,21,22,23). The van der Waals surface area contributed by atoms with E-state index in [-0.39, 0.29) is 16.9 Å². The number of phenols is 1. The summed E-state index contributed by atoms with van der Waals surface area (Å²) in [5.74, 6) is -1.37. The van der Waals surface area contributed by atoms with Gasteiger partial charge in [-0.2, -0.15) is 8.42 Å². The predicted octanol–water partition coefficient (Wildman–Crippen LogP) is 2.37. The molecule has 0 atom stereocenters. The number of carbonyl (C=O) groups excluding carboxylic acids is 1. The van der Waals surface area contributed by atoms with E-state index in [1.807, 2.05) is 0 Å². The van der Waals surface area contributed by atoms with Gasteiger partial charge in [-0.05, 0) is 36.4 Å². The first-order valence-corrected chi connectivity index (χ1v) is 8.26. The topological polar surface area (TPSA) is 129 Å². The Kier molecular flexibility index (Phi) is 5.35. The minimum Gasteiger partial charge on any atom is -0.508 e. The summed E-state index contributed by atoms with van der Waals surface area (Å²) in [5, 5.41) is 18.7. The molecule has 0 aliphatic rings. The fourth-order valence-electron chi connectivity index (χ4n) is 1.86. The second-order valence-electron chi connectivity index (χ2n) is 5.10. The number of benzene rings is 2. The molecule has 10 heteroatoms. The fourth-order valence-corrected chi connectivity index (χ4v) is 2.22. The van der Waals surface area contributed by atoms with Crippen LogP contribution in [0.3, 0.4) is 0 Å². The van der Waals surface area contributed by atoms with E-state index in [4.69, 9.17) is 4.55 Å². The van der Waals surface area contributed by atoms with Crippen LogP contribution in [0, 0.1) is 0 Å². The van der Waals surface area contributed by atoms with Gasteiger partial charge in [0.15, 0.2) is 11.5 Å². The highest BCUT2D eigenvalue weighted by Crippen LogP contribution is 2.28. The minimum absolute atomic E-state index is 0.141. The van der Waals surface area contributed by atoms with Crippen LogP contribution >= 0.6 is 0 Å². The van der Waals surface area contributed by atoms with E-state index < -0.39 is 21.9 Å². The van der Waals surface area contributed by atoms with Gasteiger partial charge in [0.25, 0.3) is 0 Å². The van der Waals surface area contributed by atoms with Crippen molar-refractivity contribution in [3.63, 3.8) is 0 Å². The van der Waals surface area contributed by atoms with Crippen LogP contribution in [0.1, 0.15) is 15.9 Å². The van der Waals surface area contributed by atoms with Crippen molar-refractivity contribution in [1.82, 2.24) is 5.01 Å². The molecule has 0 aliphatic carbocycles. The van der Waals surface area contributed by atoms with E-state index in [9.17, 15) is 18.3 Å². The molecule has 0 heterocycles. The highest BCUT2D eigenvalue weighted by molar-refractivity contribution is 7.81. The number of hydrogen-bond acceptors (Lipinski definition) is 7. The molecular formula is C15H15N3O6S. The lowest BCUT2D eigenvalue weighted by molar-refractivity contribution is 0.103. The van der Waals surface area contributed by atoms with E-state index in [1.165, 1.54) is 29.3 Å². The summed E-state index contributed by atoms with van der Waals surface area (Å²) in [6.45, 7) is 0. The summed E-state index contributed by atoms with van der Waals surface area (Å²) < 4.78 is 35.0. The lowest BCUT2D eigenvalue weighted by Crippen LogP contribution is -2.11. The zero-order valence-electron chi connectivity index (χ0n) is 13.3. The molecule has 0 spiro atoms. The molecule has 2 rings (SSSR count). The molecule has 0 aliphatic heterocycles. The highest BCUT2D eigenvalue weighted by atomic mass is 32.3. The maximum atomic E-state index is 12.5. The number of rotatable bonds is 6. The van der Waals surface area contributed by atoms with Crippen LogP contribution in [0.15, 0.2) is 52.8 Å². The van der Waals surface area contributed by atoms with E-state index in [0.29, 0.717) is 5.69 Å². The third-order valence-electron chi connectivity index (χ3n) is 2.87. The molecule has 2 N–H and O–H groups in total. The van der Waals surface area contributed by atoms with Gasteiger partial charge in [0.05, 0.1) is 11.3 Å². The van der Waals surface area contributed by atoms with Gasteiger partial charge in [0.1, 0.15) is 5.75 Å². The summed E-state index contributed by atoms with van der Waals surface area (Å²) >= 11 is 0. The Morgan fingerprint density at radius 3 is 2.32 bits per heavy atom. The summed E-state index contributed by atoms with van der Waals surface area (Å²) in [6.07, 6.45) is 0. The second-order valence-corrected chi connectivity index (χ2v) is 6.13. The van der Waals surface area contributed by atoms with Crippen molar-refractivity contribution in [2.75, 3.05) is 14.1 Å². The molecule has 0 fully saturated rings. The molecule has 0 radical (unpaired) electrons. The number of ketones is 1. The number of nitrogens with zero attached hydrogens (tertiary/aromatic N) is 3. The van der Waals surface area contributed by atoms with Crippen molar-refractivity contribution in [2.45, 2.75) is 0 Å². The van der Waals surface area contributed by atoms with Crippen LogP contribution in [0.2, 0.25) is 0 Å². The average molecular weight is 365 g/mol. The Bertz CT molecular complexity index is 907. The Balaban J connectivity index is 2.34. The Labute approximate surface area is 144 Å². The van der Waals surface area contributed by atoms with Gasteiger partial charge in [0, 0.05) is 25.7 Å². The summed E-state index contributed by atoms with van der Waals surface area (Å²) in [6, 6.07) is 9.39. The van der Waals surface area contributed by atoms with Gasteiger partial charge in [-0.3, -0.25) is 14.4 Å². The Morgan fingerprint density at radius 2 is 1.76 bits per heavy atom. The van der Waals surface area contributed by atoms with Crippen LogP contribution in [0.4, 0.5) is 5.69 Å². The quantitative estimate of drug-likeness (QED) is 0.348. The third kappa shape index (κ3) is 5.26. The molecule has 9 nitrogen and oxygen atoms in total. The molecule has 0 aromatic heterocycles. The lowest BCUT2D eigenvalue weighted by Gasteiger charge is -2.09. The molecule has 0 unspecified atom stereocenters. The number of phenolic OH excluding ortho intramolecular Hbond substituents is 1. The molecule has 2 aromatic carbocycles. The number of hydrogen-bond donors (Lipinski definition) is 2. The van der Waals surface area contributed by atoms with E-state index in [1.54, 1.807) is 26.2 Å². The van der Waals surface area contributed by atoms with Crippen LogP contribution in [0.25, 0.3) is 0 Å². The molecule has 132 valence electrons. The normalized spacial score (nSPS) is 11.5. The summed E-state index contributed by atoms with van der Waals surface area (Å²) in [5.41, 5.74) is 0.609. The van der Waals surface area contributed by atoms with Crippen LogP contribution < -0.4 is 4.18 Å². The van der Waals surface area contributed by atoms with Crippen molar-refractivity contribution >= 4 is 21.9 Å². The Morgan fingerprint density at radius 1 is 1.12 bits per heavy atom. The van der Waals surface area contributed by atoms with Gasteiger partial charge >= 0.3 is 10.4 Å². The van der Waals surface area contributed by atoms with Crippen molar-refractivity contribution in [3.05, 3.63) is 53.6 Å². The van der Waals surface area contributed by atoms with Crippen molar-refractivity contribution in [1.29, 1.82) is 0 Å². The lowest BCUT2D eigenvalue weighted by atomic mass is 10.0. The van der Waals surface area contributed by atoms with E-state index in [0.717, 1.165) is 6.07 Å². The largest absolute Gasteiger partial charge is 0.508 e. The molecule has 0 saturated heterocycles. The molecular weight excluding hydrogens is 350 g/mol. The van der Waals surface area contributed by atoms with Gasteiger partial charge in [-0.1, -0.05) is 5.22 Å². The van der Waals surface area contributed by atoms with Gasteiger partial charge < -0.3 is 9.29 Å². The number of carbonyl (C=O) groups is 1. The molecule has 0 bridgehead atoms. The zero-order valence-corrected chi connectivity index (χ0v) is 14.1. The van der Waals surface area contributed by atoms with Crippen LogP contribution in [-0.4, -0.2) is 43.0 Å². The molecule has 0 saturated carbocycles. The predicted molar refractivity (Wildman–Crippen MR) is 88.4 cm³/mol. The molecule has 0 amide bonds. The van der Waals surface area contributed by atoms with E-state index in [2.05, 4.69) is 14.5 Å². The van der Waals surface area contributed by atoms with E-state index >= 15 is 0 Å². The van der Waals surface area contributed by atoms with Gasteiger partial charge in [0.2, 0.25) is 0 Å². The number of aromatic hydroxyl groups is 1. The second kappa shape index (κ2) is 7.28. The maximum Gasteiger partial charge on any atom is 0.446 e. The first-order valence-electron chi connectivity index (χ1n) is 6.89. The zero-order chi connectivity index (χ0) is 18.6. The van der Waals surface area contributed by atoms with Crippen LogP contribution in [-0.2, 0) is 10.4 Å². The third-order valence-corrected chi connectivity index (χ3v) is 3.26. The summed E-state index contributed by atoms with van der Waals surface area (Å²) in [4.78, 5) is 12.5. The monoisotopic (exact) mass is 365 g/mol. The van der Waals surface area contributed by atoms with Gasteiger partial charge in [-0.25, -0.2) is 0 Å². The minimum atomic E-state index is -4.85. The van der Waals surface area contributed by atoms with Crippen LogP contribution in [0.5, 0.6) is 11.5 Å². The summed E-state index contributed by atoms with van der Waals surface area (Å²) in [7, 11) is -1.43. The first kappa shape index (κ1) is 18.4. The Hall–Kier alpha value is -2.98. The SMILES string of the molecule is CN(C)N=Nc1ccc(C(=O)c2ccc(O)cc2OS(=O)(=O)O)cc1. The molecule has 25 heavy (non-hydrogen) atoms. The van der Waals surface area contributed by atoms with Crippen molar-refractivity contribution < 1.29 is 27.1 Å².